The minimum Gasteiger partial charge on any atom is -0.496 e. The van der Waals surface area contributed by atoms with Crippen LogP contribution in [-0.2, 0) is 27.3 Å². The molecule has 0 spiro atoms. The molecule has 0 fully saturated rings. The van der Waals surface area contributed by atoms with E-state index in [1.165, 1.54) is 21.3 Å². The predicted molar refractivity (Wildman–Crippen MR) is 126 cm³/mol. The molecule has 0 bridgehead atoms. The van der Waals surface area contributed by atoms with Crippen molar-refractivity contribution in [1.82, 2.24) is 15.1 Å². The smallest absolute Gasteiger partial charge is 0.310 e. The first-order valence-corrected chi connectivity index (χ1v) is 10.7. The minimum absolute atomic E-state index is 0.0290. The highest BCUT2D eigenvalue weighted by Crippen LogP contribution is 2.34. The van der Waals surface area contributed by atoms with Gasteiger partial charge in [-0.15, -0.1) is 0 Å². The van der Waals surface area contributed by atoms with Crippen molar-refractivity contribution in [1.29, 1.82) is 0 Å². The van der Waals surface area contributed by atoms with Crippen LogP contribution in [0.1, 0.15) is 22.5 Å². The molecule has 3 rings (SSSR count). The van der Waals surface area contributed by atoms with Gasteiger partial charge in [0.15, 0.2) is 18.1 Å². The number of ether oxygens (including phenoxy) is 4. The van der Waals surface area contributed by atoms with Gasteiger partial charge in [-0.2, -0.15) is 5.10 Å². The van der Waals surface area contributed by atoms with Crippen molar-refractivity contribution in [2.75, 3.05) is 27.9 Å². The quantitative estimate of drug-likeness (QED) is 0.458. The number of esters is 1. The molecule has 0 radical (unpaired) electrons. The number of carbonyl (C=O) groups is 2. The number of aromatic nitrogens is 2. The highest BCUT2D eigenvalue weighted by Gasteiger charge is 2.18. The predicted octanol–water partition coefficient (Wildman–Crippen LogP) is 2.92. The Labute approximate surface area is 198 Å². The molecule has 9 nitrogen and oxygen atoms in total. The molecule has 3 aromatic rings. The second-order valence-corrected chi connectivity index (χ2v) is 7.53. The Morgan fingerprint density at radius 1 is 0.941 bits per heavy atom. The van der Waals surface area contributed by atoms with Crippen molar-refractivity contribution in [3.05, 3.63) is 65.0 Å². The van der Waals surface area contributed by atoms with E-state index in [4.69, 9.17) is 18.9 Å². The molecule has 9 heteroatoms. The molecule has 0 saturated heterocycles. The molecule has 1 heterocycles. The lowest BCUT2D eigenvalue weighted by Crippen LogP contribution is -2.29. The van der Waals surface area contributed by atoms with Crippen LogP contribution in [0.4, 0.5) is 0 Å². The van der Waals surface area contributed by atoms with E-state index in [9.17, 15) is 9.59 Å². The van der Waals surface area contributed by atoms with Crippen LogP contribution in [0.3, 0.4) is 0 Å². The Kier molecular flexibility index (Phi) is 8.13. The van der Waals surface area contributed by atoms with E-state index in [2.05, 4.69) is 10.4 Å². The van der Waals surface area contributed by atoms with E-state index < -0.39 is 11.9 Å². The zero-order valence-corrected chi connectivity index (χ0v) is 20.0. The number of aryl methyl sites for hydroxylation is 1. The minimum atomic E-state index is -0.502. The summed E-state index contributed by atoms with van der Waals surface area (Å²) in [4.78, 5) is 24.7. The average Bonchev–Trinajstić information content (AvgIpc) is 3.14. The fraction of sp³-hybridized carbons (Fsp3) is 0.320. The van der Waals surface area contributed by atoms with Gasteiger partial charge in [0.25, 0.3) is 5.91 Å². The van der Waals surface area contributed by atoms with Crippen molar-refractivity contribution in [2.24, 2.45) is 0 Å². The average molecular weight is 468 g/mol. The van der Waals surface area contributed by atoms with Crippen LogP contribution in [0.15, 0.2) is 42.5 Å². The molecule has 0 saturated carbocycles. The monoisotopic (exact) mass is 467 g/mol. The van der Waals surface area contributed by atoms with E-state index in [0.29, 0.717) is 22.8 Å². The first kappa shape index (κ1) is 24.6. The number of amides is 1. The van der Waals surface area contributed by atoms with E-state index in [0.717, 1.165) is 22.6 Å². The number of methoxy groups -OCH3 is 3. The van der Waals surface area contributed by atoms with Gasteiger partial charge in [0, 0.05) is 29.4 Å². The molecule has 2 aromatic carbocycles. The summed E-state index contributed by atoms with van der Waals surface area (Å²) in [6.07, 6.45) is 0.0290. The van der Waals surface area contributed by atoms with Gasteiger partial charge in [-0.1, -0.05) is 18.2 Å². The molecule has 1 N–H and O–H groups in total. The first-order valence-electron chi connectivity index (χ1n) is 10.7. The molecule has 0 aliphatic heterocycles. The zero-order chi connectivity index (χ0) is 24.7. The third-order valence-electron chi connectivity index (χ3n) is 5.39. The third-order valence-corrected chi connectivity index (χ3v) is 5.39. The van der Waals surface area contributed by atoms with E-state index in [-0.39, 0.29) is 19.6 Å². The molecule has 1 aromatic heterocycles. The maximum Gasteiger partial charge on any atom is 0.310 e. The number of para-hydroxylation sites is 1. The molecule has 0 atom stereocenters. The fourth-order valence-corrected chi connectivity index (χ4v) is 3.57. The SMILES string of the molecule is COc1cc(OC)c(OC)cc1CNC(=O)COC(=O)Cc1c(C)nn(-c2ccccc2)c1C. The fourth-order valence-electron chi connectivity index (χ4n) is 3.57. The number of nitrogens with zero attached hydrogens (tertiary/aromatic N) is 2. The molecule has 1 amide bonds. The number of rotatable bonds is 10. The van der Waals surface area contributed by atoms with Gasteiger partial charge in [0.2, 0.25) is 0 Å². The molecule has 0 aliphatic rings. The molecular formula is C25H29N3O6. The Balaban J connectivity index is 1.56. The Bertz CT molecular complexity index is 1160. The number of hydrogen-bond donors (Lipinski definition) is 1. The first-order chi connectivity index (χ1) is 16.4. The number of hydrogen-bond acceptors (Lipinski definition) is 7. The second kappa shape index (κ2) is 11.2. The van der Waals surface area contributed by atoms with Crippen LogP contribution in [0.25, 0.3) is 5.69 Å². The topological polar surface area (TPSA) is 101 Å². The van der Waals surface area contributed by atoms with Crippen LogP contribution in [0, 0.1) is 13.8 Å². The normalized spacial score (nSPS) is 10.5. The molecular weight excluding hydrogens is 438 g/mol. The van der Waals surface area contributed by atoms with Gasteiger partial charge in [0.1, 0.15) is 5.75 Å². The molecule has 34 heavy (non-hydrogen) atoms. The van der Waals surface area contributed by atoms with Crippen LogP contribution < -0.4 is 19.5 Å². The molecule has 0 aliphatic carbocycles. The standard InChI is InChI=1S/C25H29N3O6/c1-16-20(17(2)28(27-16)19-9-7-6-8-10-19)12-25(30)34-15-24(29)26-14-18-11-22(32-4)23(33-5)13-21(18)31-3/h6-11,13H,12,14-15H2,1-5H3,(H,26,29). The molecule has 0 unspecified atom stereocenters. The Hall–Kier alpha value is -4.01. The molecule has 180 valence electrons. The summed E-state index contributed by atoms with van der Waals surface area (Å²) in [6.45, 7) is 3.53. The number of nitrogens with one attached hydrogen (secondary N) is 1. The van der Waals surface area contributed by atoms with E-state index >= 15 is 0 Å². The van der Waals surface area contributed by atoms with E-state index in [1.54, 1.807) is 16.8 Å². The van der Waals surface area contributed by atoms with Crippen molar-refractivity contribution < 1.29 is 28.5 Å². The Morgan fingerprint density at radius 3 is 2.24 bits per heavy atom. The summed E-state index contributed by atoms with van der Waals surface area (Å²) in [5.74, 6) is 0.637. The van der Waals surface area contributed by atoms with Gasteiger partial charge >= 0.3 is 5.97 Å². The van der Waals surface area contributed by atoms with Crippen molar-refractivity contribution in [3.63, 3.8) is 0 Å². The van der Waals surface area contributed by atoms with Gasteiger partial charge in [-0.25, -0.2) is 4.68 Å². The van der Waals surface area contributed by atoms with Gasteiger partial charge < -0.3 is 24.3 Å². The summed E-state index contributed by atoms with van der Waals surface area (Å²) in [5, 5.41) is 7.25. The van der Waals surface area contributed by atoms with Crippen LogP contribution in [0.2, 0.25) is 0 Å². The number of carbonyl (C=O) groups excluding carboxylic acids is 2. The van der Waals surface area contributed by atoms with E-state index in [1.807, 2.05) is 44.2 Å². The largest absolute Gasteiger partial charge is 0.496 e. The summed E-state index contributed by atoms with van der Waals surface area (Å²) in [6, 6.07) is 13.1. The van der Waals surface area contributed by atoms with Gasteiger partial charge in [0.05, 0.1) is 39.1 Å². The maximum absolute atomic E-state index is 12.4. The third kappa shape index (κ3) is 5.67. The van der Waals surface area contributed by atoms with Crippen LogP contribution >= 0.6 is 0 Å². The Morgan fingerprint density at radius 2 is 1.59 bits per heavy atom. The highest BCUT2D eigenvalue weighted by molar-refractivity contribution is 5.81. The maximum atomic E-state index is 12.4. The van der Waals surface area contributed by atoms with Gasteiger partial charge in [-0.05, 0) is 32.0 Å². The van der Waals surface area contributed by atoms with Crippen molar-refractivity contribution >= 4 is 11.9 Å². The van der Waals surface area contributed by atoms with Crippen molar-refractivity contribution in [3.8, 4) is 22.9 Å². The lowest BCUT2D eigenvalue weighted by molar-refractivity contribution is -0.147. The van der Waals surface area contributed by atoms with Crippen molar-refractivity contribution in [2.45, 2.75) is 26.8 Å². The van der Waals surface area contributed by atoms with Crippen LogP contribution in [-0.4, -0.2) is 49.6 Å². The lowest BCUT2D eigenvalue weighted by atomic mass is 10.1. The highest BCUT2D eigenvalue weighted by atomic mass is 16.5. The van der Waals surface area contributed by atoms with Gasteiger partial charge in [-0.3, -0.25) is 9.59 Å². The summed E-state index contributed by atoms with van der Waals surface area (Å²) < 4.78 is 22.9. The summed E-state index contributed by atoms with van der Waals surface area (Å²) in [7, 11) is 4.58. The lowest BCUT2D eigenvalue weighted by Gasteiger charge is -2.14. The number of benzene rings is 2. The zero-order valence-electron chi connectivity index (χ0n) is 20.0. The summed E-state index contributed by atoms with van der Waals surface area (Å²) in [5.41, 5.74) is 3.98. The van der Waals surface area contributed by atoms with Crippen LogP contribution in [0.5, 0.6) is 17.2 Å². The summed E-state index contributed by atoms with van der Waals surface area (Å²) >= 11 is 0. The second-order valence-electron chi connectivity index (χ2n) is 7.53.